The van der Waals surface area contributed by atoms with Crippen molar-refractivity contribution in [2.45, 2.75) is 13.0 Å². The molecule has 4 rings (SSSR count). The van der Waals surface area contributed by atoms with Gasteiger partial charge in [-0.15, -0.1) is 0 Å². The lowest BCUT2D eigenvalue weighted by Gasteiger charge is -2.11. The van der Waals surface area contributed by atoms with Crippen molar-refractivity contribution in [3.63, 3.8) is 0 Å². The van der Waals surface area contributed by atoms with E-state index in [1.807, 2.05) is 6.07 Å². The first kappa shape index (κ1) is 13.8. The Bertz CT molecular complexity index is 752. The molecule has 0 aliphatic heterocycles. The summed E-state index contributed by atoms with van der Waals surface area (Å²) in [5, 5.41) is 4.24. The van der Waals surface area contributed by atoms with Gasteiger partial charge in [0.05, 0.1) is 9.52 Å². The zero-order valence-corrected chi connectivity index (χ0v) is 13.2. The third-order valence-electron chi connectivity index (χ3n) is 3.72. The molecule has 0 aromatic heterocycles. The fourth-order valence-electron chi connectivity index (χ4n) is 2.68. The average molecular weight is 286 g/mol. The molecular weight excluding hydrogens is 268 g/mol. The minimum absolute atomic E-state index is 0.930. The first-order chi connectivity index (χ1) is 10.4. The molecular formula is C20H18Si. The highest BCUT2D eigenvalue weighted by atomic mass is 28.2. The Hall–Kier alpha value is -2.12. The summed E-state index contributed by atoms with van der Waals surface area (Å²) in [6, 6.07) is 23.5. The minimum atomic E-state index is 0.930. The van der Waals surface area contributed by atoms with E-state index >= 15 is 0 Å². The molecule has 1 heteroatoms. The van der Waals surface area contributed by atoms with Crippen LogP contribution < -0.4 is 5.19 Å². The second kappa shape index (κ2) is 6.55. The predicted molar refractivity (Wildman–Crippen MR) is 94.4 cm³/mol. The van der Waals surface area contributed by atoms with E-state index in [4.69, 9.17) is 0 Å². The lowest BCUT2D eigenvalue weighted by Crippen LogP contribution is -2.07. The zero-order chi connectivity index (χ0) is 14.5. The van der Waals surface area contributed by atoms with Crippen LogP contribution >= 0.6 is 0 Å². The minimum Gasteiger partial charge on any atom is -0.0795 e. The van der Waals surface area contributed by atoms with Gasteiger partial charge in [-0.25, -0.2) is 0 Å². The normalized spacial score (nSPS) is 11.9. The summed E-state index contributed by atoms with van der Waals surface area (Å²) >= 11 is 0. The van der Waals surface area contributed by atoms with Crippen molar-refractivity contribution in [1.29, 1.82) is 0 Å². The molecule has 0 bridgehead atoms. The molecule has 3 aromatic carbocycles. The highest BCUT2D eigenvalue weighted by Crippen LogP contribution is 2.27. The summed E-state index contributed by atoms with van der Waals surface area (Å²) in [6.45, 7) is 2.19. The molecule has 0 spiro atoms. The van der Waals surface area contributed by atoms with Crippen LogP contribution in [0.25, 0.3) is 16.8 Å². The summed E-state index contributed by atoms with van der Waals surface area (Å²) < 4.78 is 0. The summed E-state index contributed by atoms with van der Waals surface area (Å²) in [7, 11) is 0.930. The van der Waals surface area contributed by atoms with E-state index in [1.54, 1.807) is 0 Å². The quantitative estimate of drug-likeness (QED) is 0.579. The molecule has 0 fully saturated rings. The summed E-state index contributed by atoms with van der Waals surface area (Å²) in [5.41, 5.74) is 2.81. The van der Waals surface area contributed by atoms with Crippen molar-refractivity contribution in [2.24, 2.45) is 0 Å². The van der Waals surface area contributed by atoms with Gasteiger partial charge in [0, 0.05) is 0 Å². The van der Waals surface area contributed by atoms with Crippen molar-refractivity contribution in [3.8, 4) is 0 Å². The zero-order valence-electron chi connectivity index (χ0n) is 12.2. The van der Waals surface area contributed by atoms with Crippen LogP contribution in [-0.2, 0) is 6.42 Å². The topological polar surface area (TPSA) is 0 Å². The molecule has 1 aliphatic rings. The molecule has 3 aromatic rings. The average Bonchev–Trinajstić information content (AvgIpc) is 2.57. The Labute approximate surface area is 129 Å². The molecule has 0 amide bonds. The fraction of sp³-hybridized carbons (Fsp3) is 0.100. The summed E-state index contributed by atoms with van der Waals surface area (Å²) in [4.78, 5) is 0. The lowest BCUT2D eigenvalue weighted by atomic mass is 9.93. The van der Waals surface area contributed by atoms with Gasteiger partial charge in [0.1, 0.15) is 0 Å². The van der Waals surface area contributed by atoms with Crippen LogP contribution in [0.4, 0.5) is 0 Å². The van der Waals surface area contributed by atoms with Crippen molar-refractivity contribution < 1.29 is 0 Å². The second-order valence-electron chi connectivity index (χ2n) is 5.09. The van der Waals surface area contributed by atoms with E-state index in [1.165, 1.54) is 27.1 Å². The lowest BCUT2D eigenvalue weighted by molar-refractivity contribution is 1.29. The van der Waals surface area contributed by atoms with Crippen molar-refractivity contribution in [3.05, 3.63) is 83.9 Å². The van der Waals surface area contributed by atoms with Crippen LogP contribution in [0, 0.1) is 0 Å². The Morgan fingerprint density at radius 3 is 2.29 bits per heavy atom. The van der Waals surface area contributed by atoms with E-state index in [9.17, 15) is 0 Å². The van der Waals surface area contributed by atoms with Gasteiger partial charge in [-0.05, 0) is 28.3 Å². The Morgan fingerprint density at radius 1 is 0.810 bits per heavy atom. The largest absolute Gasteiger partial charge is 0.0795 e. The molecule has 2 radical (unpaired) electrons. The van der Waals surface area contributed by atoms with Crippen molar-refractivity contribution >= 4 is 31.6 Å². The Kier molecular flexibility index (Phi) is 4.32. The maximum absolute atomic E-state index is 2.23. The number of allylic oxidation sites excluding steroid dienone is 1. The third kappa shape index (κ3) is 3.14. The summed E-state index contributed by atoms with van der Waals surface area (Å²) in [5.74, 6) is 0. The van der Waals surface area contributed by atoms with Gasteiger partial charge in [0.15, 0.2) is 0 Å². The van der Waals surface area contributed by atoms with Gasteiger partial charge in [-0.3, -0.25) is 0 Å². The van der Waals surface area contributed by atoms with Gasteiger partial charge in [-0.1, -0.05) is 90.6 Å². The van der Waals surface area contributed by atoms with Crippen LogP contribution in [0.3, 0.4) is 0 Å². The number of hydrogen-bond donors (Lipinski definition) is 0. The van der Waals surface area contributed by atoms with Gasteiger partial charge in [-0.2, -0.15) is 0 Å². The number of benzene rings is 3. The van der Waals surface area contributed by atoms with E-state index in [2.05, 4.69) is 79.4 Å². The van der Waals surface area contributed by atoms with Crippen LogP contribution in [0.15, 0.2) is 72.8 Å². The van der Waals surface area contributed by atoms with Gasteiger partial charge in [0.25, 0.3) is 0 Å². The monoisotopic (exact) mass is 286 g/mol. The second-order valence-corrected chi connectivity index (χ2v) is 6.16. The fourth-order valence-corrected chi connectivity index (χ4v) is 3.20. The highest BCUT2D eigenvalue weighted by molar-refractivity contribution is 6.51. The van der Waals surface area contributed by atoms with E-state index in [0.29, 0.717) is 0 Å². The molecule has 0 atom stereocenters. The molecule has 0 N–H and O–H groups in total. The number of hydrogen-bond acceptors (Lipinski definition) is 0. The molecule has 0 heterocycles. The highest BCUT2D eigenvalue weighted by Gasteiger charge is 2.06. The first-order valence-corrected chi connectivity index (χ1v) is 8.78. The van der Waals surface area contributed by atoms with E-state index in [0.717, 1.165) is 15.9 Å². The molecule has 0 saturated carbocycles. The Morgan fingerprint density at radius 2 is 1.57 bits per heavy atom. The van der Waals surface area contributed by atoms with Crippen LogP contribution in [-0.4, -0.2) is 9.52 Å². The molecule has 0 saturated heterocycles. The molecule has 21 heavy (non-hydrogen) atoms. The van der Waals surface area contributed by atoms with Crippen LogP contribution in [0.5, 0.6) is 0 Å². The van der Waals surface area contributed by atoms with Crippen LogP contribution in [0.1, 0.15) is 11.1 Å². The Balaban J connectivity index is 0.000000143. The van der Waals surface area contributed by atoms with Gasteiger partial charge >= 0.3 is 0 Å². The van der Waals surface area contributed by atoms with E-state index < -0.39 is 0 Å². The molecule has 0 unspecified atom stereocenters. The predicted octanol–water partition coefficient (Wildman–Crippen LogP) is 4.47. The maximum Gasteiger partial charge on any atom is 0.0773 e. The van der Waals surface area contributed by atoms with E-state index in [-0.39, 0.29) is 0 Å². The summed E-state index contributed by atoms with van der Waals surface area (Å²) in [6.07, 6.45) is 5.53. The smallest absolute Gasteiger partial charge is 0.0773 e. The van der Waals surface area contributed by atoms with Crippen molar-refractivity contribution in [1.82, 2.24) is 0 Å². The van der Waals surface area contributed by atoms with Gasteiger partial charge < -0.3 is 0 Å². The molecule has 102 valence electrons. The number of rotatable bonds is 1. The van der Waals surface area contributed by atoms with Crippen molar-refractivity contribution in [2.75, 3.05) is 0 Å². The van der Waals surface area contributed by atoms with Crippen LogP contribution in [0.2, 0.25) is 6.55 Å². The molecule has 1 aliphatic carbocycles. The SMILES string of the molecule is C1=Cc2cccc3cccc(c23)C1.C[Si]c1ccccc1. The standard InChI is InChI=1S/C13H10.C7H8Si/c1-4-10-6-2-8-12-9-3-7-11(5-1)13(10)12;1-8-7-5-3-2-4-6-7/h1-8H,9H2;2-6H,1H3. The van der Waals surface area contributed by atoms with Gasteiger partial charge in [0.2, 0.25) is 0 Å². The third-order valence-corrected chi connectivity index (χ3v) is 4.63. The maximum atomic E-state index is 2.23. The first-order valence-electron chi connectivity index (χ1n) is 7.28. The molecule has 0 nitrogen and oxygen atoms in total.